The Morgan fingerprint density at radius 1 is 1.12 bits per heavy atom. The van der Waals surface area contributed by atoms with Crippen molar-refractivity contribution in [1.29, 1.82) is 0 Å². The molecule has 0 atom stereocenters. The number of benzene rings is 2. The first kappa shape index (κ1) is 17.6. The molecule has 8 heteroatoms. The smallest absolute Gasteiger partial charge is 0.255 e. The third-order valence-corrected chi connectivity index (χ3v) is 3.99. The van der Waals surface area contributed by atoms with Gasteiger partial charge in [0.1, 0.15) is 5.82 Å². The van der Waals surface area contributed by atoms with Gasteiger partial charge < -0.3 is 11.1 Å². The lowest BCUT2D eigenvalue weighted by Crippen LogP contribution is -2.16. The van der Waals surface area contributed by atoms with E-state index in [1.54, 1.807) is 0 Å². The Morgan fingerprint density at radius 3 is 2.29 bits per heavy atom. The van der Waals surface area contributed by atoms with Gasteiger partial charge in [-0.2, -0.15) is 0 Å². The highest BCUT2D eigenvalue weighted by atomic mass is 32.2. The van der Waals surface area contributed by atoms with E-state index in [1.807, 2.05) is 0 Å². The predicted octanol–water partition coefficient (Wildman–Crippen LogP) is 1.72. The molecule has 0 saturated carbocycles. The molecule has 0 aliphatic heterocycles. The monoisotopic (exact) mass is 350 g/mol. The highest BCUT2D eigenvalue weighted by molar-refractivity contribution is 7.89. The summed E-state index contributed by atoms with van der Waals surface area (Å²) in [4.78, 5) is 23.2. The molecule has 0 saturated heterocycles. The molecule has 0 bridgehead atoms. The second-order valence-corrected chi connectivity index (χ2v) is 7.42. The Labute approximate surface area is 138 Å². The number of carbonyl (C=O) groups is 2. The Hall–Kier alpha value is -2.74. The van der Waals surface area contributed by atoms with E-state index in [1.165, 1.54) is 30.3 Å². The molecule has 0 spiro atoms. The first-order valence-electron chi connectivity index (χ1n) is 6.83. The number of rotatable bonds is 5. The highest BCUT2D eigenvalue weighted by Crippen LogP contribution is 2.16. The lowest BCUT2D eigenvalue weighted by atomic mass is 10.1. The summed E-state index contributed by atoms with van der Waals surface area (Å²) < 4.78 is 35.9. The summed E-state index contributed by atoms with van der Waals surface area (Å²) in [5.41, 5.74) is 5.80. The largest absolute Gasteiger partial charge is 0.366 e. The molecule has 0 radical (unpaired) electrons. The topological polar surface area (TPSA) is 106 Å². The summed E-state index contributed by atoms with van der Waals surface area (Å²) in [5.74, 6) is -2.31. The normalized spacial score (nSPS) is 11.1. The van der Waals surface area contributed by atoms with Crippen LogP contribution in [0.2, 0.25) is 0 Å². The molecule has 24 heavy (non-hydrogen) atoms. The van der Waals surface area contributed by atoms with E-state index in [2.05, 4.69) is 5.32 Å². The van der Waals surface area contributed by atoms with E-state index in [0.717, 1.165) is 18.4 Å². The first-order chi connectivity index (χ1) is 11.2. The maximum absolute atomic E-state index is 13.4. The van der Waals surface area contributed by atoms with Crippen molar-refractivity contribution in [2.75, 3.05) is 11.6 Å². The number of amides is 2. The second-order valence-electron chi connectivity index (χ2n) is 5.28. The van der Waals surface area contributed by atoms with Crippen LogP contribution in [0, 0.1) is 5.82 Å². The standard InChI is InChI=1S/C16H15FN2O4S/c1-24(22,23)9-10-2-4-11(5-3-10)16(21)19-12-6-7-14(17)13(8-12)15(18)20/h2-8H,9H2,1H3,(H2,18,20)(H,19,21). The van der Waals surface area contributed by atoms with Gasteiger partial charge >= 0.3 is 0 Å². The van der Waals surface area contributed by atoms with Crippen LogP contribution < -0.4 is 11.1 Å². The van der Waals surface area contributed by atoms with E-state index in [9.17, 15) is 22.4 Å². The van der Waals surface area contributed by atoms with Crippen molar-refractivity contribution in [2.24, 2.45) is 5.73 Å². The number of anilines is 1. The average Bonchev–Trinajstić information content (AvgIpc) is 2.48. The molecule has 0 fully saturated rings. The summed E-state index contributed by atoms with van der Waals surface area (Å²) >= 11 is 0. The van der Waals surface area contributed by atoms with Gasteiger partial charge in [0, 0.05) is 17.5 Å². The average molecular weight is 350 g/mol. The molecule has 0 aromatic heterocycles. The Kier molecular flexibility index (Phi) is 4.99. The van der Waals surface area contributed by atoms with Gasteiger partial charge in [0.2, 0.25) is 0 Å². The van der Waals surface area contributed by atoms with E-state index in [4.69, 9.17) is 5.73 Å². The molecule has 0 unspecified atom stereocenters. The summed E-state index contributed by atoms with van der Waals surface area (Å²) in [6.45, 7) is 0. The van der Waals surface area contributed by atoms with Gasteiger partial charge in [-0.15, -0.1) is 0 Å². The minimum atomic E-state index is -3.16. The second kappa shape index (κ2) is 6.79. The van der Waals surface area contributed by atoms with Gasteiger partial charge in [0.05, 0.1) is 11.3 Å². The van der Waals surface area contributed by atoms with Crippen molar-refractivity contribution in [2.45, 2.75) is 5.75 Å². The lowest BCUT2D eigenvalue weighted by molar-refractivity contribution is 0.0992. The van der Waals surface area contributed by atoms with E-state index in [0.29, 0.717) is 5.56 Å². The zero-order chi connectivity index (χ0) is 17.9. The van der Waals surface area contributed by atoms with Crippen molar-refractivity contribution in [3.05, 3.63) is 65.0 Å². The SMILES string of the molecule is CS(=O)(=O)Cc1ccc(C(=O)Nc2ccc(F)c(C(N)=O)c2)cc1. The van der Waals surface area contributed by atoms with Crippen molar-refractivity contribution >= 4 is 27.3 Å². The van der Waals surface area contributed by atoms with Gasteiger partial charge in [0.25, 0.3) is 11.8 Å². The molecule has 0 aliphatic rings. The van der Waals surface area contributed by atoms with E-state index >= 15 is 0 Å². The van der Waals surface area contributed by atoms with Crippen LogP contribution in [-0.4, -0.2) is 26.5 Å². The fraction of sp³-hybridized carbons (Fsp3) is 0.125. The fourth-order valence-electron chi connectivity index (χ4n) is 2.05. The van der Waals surface area contributed by atoms with Crippen LogP contribution in [0.5, 0.6) is 0 Å². The van der Waals surface area contributed by atoms with Gasteiger partial charge in [-0.05, 0) is 35.9 Å². The quantitative estimate of drug-likeness (QED) is 0.856. The number of hydrogen-bond donors (Lipinski definition) is 2. The van der Waals surface area contributed by atoms with Crippen molar-refractivity contribution < 1.29 is 22.4 Å². The number of primary amides is 1. The van der Waals surface area contributed by atoms with Crippen LogP contribution in [0.4, 0.5) is 10.1 Å². The summed E-state index contributed by atoms with van der Waals surface area (Å²) in [7, 11) is -3.16. The highest BCUT2D eigenvalue weighted by Gasteiger charge is 2.12. The lowest BCUT2D eigenvalue weighted by Gasteiger charge is -2.08. The van der Waals surface area contributed by atoms with Gasteiger partial charge in [0.15, 0.2) is 9.84 Å². The van der Waals surface area contributed by atoms with Crippen LogP contribution in [0.1, 0.15) is 26.3 Å². The summed E-state index contributed by atoms with van der Waals surface area (Å²) in [5, 5.41) is 2.52. The molecular weight excluding hydrogens is 335 g/mol. The maximum Gasteiger partial charge on any atom is 0.255 e. The minimum Gasteiger partial charge on any atom is -0.366 e. The van der Waals surface area contributed by atoms with Gasteiger partial charge in [-0.1, -0.05) is 12.1 Å². The van der Waals surface area contributed by atoms with Crippen LogP contribution in [-0.2, 0) is 15.6 Å². The molecular formula is C16H15FN2O4S. The molecule has 126 valence electrons. The van der Waals surface area contributed by atoms with Crippen molar-refractivity contribution in [1.82, 2.24) is 0 Å². The molecule has 2 amide bonds. The number of nitrogens with two attached hydrogens (primary N) is 1. The van der Waals surface area contributed by atoms with E-state index < -0.39 is 27.5 Å². The van der Waals surface area contributed by atoms with Crippen molar-refractivity contribution in [3.63, 3.8) is 0 Å². The van der Waals surface area contributed by atoms with Gasteiger partial charge in [-0.25, -0.2) is 12.8 Å². The number of nitrogens with one attached hydrogen (secondary N) is 1. The molecule has 2 rings (SSSR count). The Balaban J connectivity index is 2.15. The third-order valence-electron chi connectivity index (χ3n) is 3.13. The molecule has 3 N–H and O–H groups in total. The van der Waals surface area contributed by atoms with Gasteiger partial charge in [-0.3, -0.25) is 9.59 Å². The Bertz CT molecular complexity index is 893. The Morgan fingerprint density at radius 2 is 1.75 bits per heavy atom. The van der Waals surface area contributed by atoms with Crippen LogP contribution in [0.15, 0.2) is 42.5 Å². The number of sulfone groups is 1. The maximum atomic E-state index is 13.4. The summed E-state index contributed by atoms with van der Waals surface area (Å²) in [6.07, 6.45) is 1.12. The molecule has 2 aromatic carbocycles. The molecule has 0 aliphatic carbocycles. The molecule has 2 aromatic rings. The molecule has 6 nitrogen and oxygen atoms in total. The summed E-state index contributed by atoms with van der Waals surface area (Å²) in [6, 6.07) is 9.52. The number of carbonyl (C=O) groups excluding carboxylic acids is 2. The zero-order valence-corrected chi connectivity index (χ0v) is 13.6. The van der Waals surface area contributed by atoms with Crippen molar-refractivity contribution in [3.8, 4) is 0 Å². The molecule has 0 heterocycles. The van der Waals surface area contributed by atoms with Crippen LogP contribution in [0.25, 0.3) is 0 Å². The number of hydrogen-bond acceptors (Lipinski definition) is 4. The third kappa shape index (κ3) is 4.63. The zero-order valence-electron chi connectivity index (χ0n) is 12.7. The van der Waals surface area contributed by atoms with Crippen LogP contribution in [0.3, 0.4) is 0 Å². The van der Waals surface area contributed by atoms with Crippen LogP contribution >= 0.6 is 0 Å². The number of halogens is 1. The fourth-order valence-corrected chi connectivity index (χ4v) is 2.85. The first-order valence-corrected chi connectivity index (χ1v) is 8.89. The van der Waals surface area contributed by atoms with E-state index in [-0.39, 0.29) is 22.6 Å². The minimum absolute atomic E-state index is 0.116. The predicted molar refractivity (Wildman–Crippen MR) is 87.9 cm³/mol.